The third kappa shape index (κ3) is 4.44. The van der Waals surface area contributed by atoms with Crippen molar-refractivity contribution in [3.8, 4) is 5.13 Å². The zero-order chi connectivity index (χ0) is 21.1. The molecular formula is C22H22N4O2S2. The number of carbonyl (C=O) groups excluding carboxylic acids is 2. The van der Waals surface area contributed by atoms with Crippen LogP contribution < -0.4 is 10.6 Å². The van der Waals surface area contributed by atoms with Gasteiger partial charge in [-0.2, -0.15) is 0 Å². The Morgan fingerprint density at radius 3 is 2.63 bits per heavy atom. The maximum absolute atomic E-state index is 12.9. The summed E-state index contributed by atoms with van der Waals surface area (Å²) in [5.41, 5.74) is 1.36. The van der Waals surface area contributed by atoms with Crippen LogP contribution in [-0.2, 0) is 11.3 Å². The number of aromatic nitrogens is 2. The van der Waals surface area contributed by atoms with Gasteiger partial charge in [0.2, 0.25) is 5.91 Å². The number of rotatable bonds is 7. The maximum atomic E-state index is 12.9. The smallest absolute Gasteiger partial charge is 0.251 e. The topological polar surface area (TPSA) is 76.0 Å². The Morgan fingerprint density at radius 2 is 1.93 bits per heavy atom. The molecule has 4 rings (SSSR count). The van der Waals surface area contributed by atoms with E-state index in [1.807, 2.05) is 72.6 Å². The molecule has 0 radical (unpaired) electrons. The van der Waals surface area contributed by atoms with Gasteiger partial charge in [0.25, 0.3) is 5.91 Å². The predicted molar refractivity (Wildman–Crippen MR) is 121 cm³/mol. The van der Waals surface area contributed by atoms with Crippen molar-refractivity contribution < 1.29 is 9.59 Å². The van der Waals surface area contributed by atoms with Gasteiger partial charge in [0, 0.05) is 22.8 Å². The molecule has 0 aliphatic carbocycles. The molecule has 1 unspecified atom stereocenters. The largest absolute Gasteiger partial charge is 0.349 e. The highest BCUT2D eigenvalue weighted by molar-refractivity contribution is 7.20. The first-order valence-corrected chi connectivity index (χ1v) is 11.4. The van der Waals surface area contributed by atoms with Crippen LogP contribution in [0.2, 0.25) is 0 Å². The monoisotopic (exact) mass is 438 g/mol. The minimum atomic E-state index is -0.606. The molecule has 0 saturated heterocycles. The number of thiophene rings is 1. The fraction of sp³-hybridized carbons (Fsp3) is 0.227. The summed E-state index contributed by atoms with van der Waals surface area (Å²) in [6.07, 6.45) is 3.88. The van der Waals surface area contributed by atoms with E-state index in [0.717, 1.165) is 20.2 Å². The van der Waals surface area contributed by atoms with Crippen molar-refractivity contribution in [2.24, 2.45) is 5.92 Å². The zero-order valence-corrected chi connectivity index (χ0v) is 18.3. The van der Waals surface area contributed by atoms with Gasteiger partial charge in [0.1, 0.15) is 6.04 Å². The summed E-state index contributed by atoms with van der Waals surface area (Å²) in [5.74, 6) is -0.483. The molecule has 8 heteroatoms. The second-order valence-electron chi connectivity index (χ2n) is 7.26. The van der Waals surface area contributed by atoms with Crippen molar-refractivity contribution in [1.82, 2.24) is 20.2 Å². The summed E-state index contributed by atoms with van der Waals surface area (Å²) in [6.45, 7) is 4.31. The van der Waals surface area contributed by atoms with Crippen LogP contribution in [0.3, 0.4) is 0 Å². The van der Waals surface area contributed by atoms with Gasteiger partial charge in [-0.25, -0.2) is 4.98 Å². The average molecular weight is 439 g/mol. The van der Waals surface area contributed by atoms with Crippen molar-refractivity contribution in [2.75, 3.05) is 0 Å². The first-order chi connectivity index (χ1) is 14.5. The molecule has 0 aliphatic rings. The first-order valence-electron chi connectivity index (χ1n) is 9.66. The molecule has 6 nitrogen and oxygen atoms in total. The highest BCUT2D eigenvalue weighted by Crippen LogP contribution is 2.26. The average Bonchev–Trinajstić information content (AvgIpc) is 3.49. The highest BCUT2D eigenvalue weighted by atomic mass is 32.1. The number of nitrogens with one attached hydrogen (secondary N) is 2. The Bertz CT molecular complexity index is 1150. The molecule has 3 heterocycles. The number of thiazole rings is 1. The molecule has 0 spiro atoms. The minimum Gasteiger partial charge on any atom is -0.349 e. The van der Waals surface area contributed by atoms with Gasteiger partial charge in [-0.05, 0) is 47.7 Å². The Morgan fingerprint density at radius 1 is 1.13 bits per heavy atom. The standard InChI is InChI=1S/C22H22N4O2S2/c1-14(2)19(21(28)23-13-16-6-5-11-29-16)25-20(27)15-7-8-17-18(12-15)30-22(24-17)26-9-3-4-10-26/h3-12,14,19H,13H2,1-2H3,(H,23,28)(H,25,27). The molecule has 0 fully saturated rings. The van der Waals surface area contributed by atoms with Gasteiger partial charge in [0.05, 0.1) is 16.8 Å². The summed E-state index contributed by atoms with van der Waals surface area (Å²) in [7, 11) is 0. The molecule has 2 N–H and O–H groups in total. The summed E-state index contributed by atoms with van der Waals surface area (Å²) in [5, 5.41) is 8.63. The van der Waals surface area contributed by atoms with Gasteiger partial charge in [0.15, 0.2) is 5.13 Å². The molecule has 2 amide bonds. The van der Waals surface area contributed by atoms with Crippen molar-refractivity contribution in [3.63, 3.8) is 0 Å². The second-order valence-corrected chi connectivity index (χ2v) is 9.30. The van der Waals surface area contributed by atoms with E-state index < -0.39 is 6.04 Å². The molecule has 154 valence electrons. The van der Waals surface area contributed by atoms with Crippen LogP contribution in [0.5, 0.6) is 0 Å². The summed E-state index contributed by atoms with van der Waals surface area (Å²) in [6, 6.07) is 12.6. The number of fused-ring (bicyclic) bond motifs is 1. The number of amides is 2. The lowest BCUT2D eigenvalue weighted by atomic mass is 10.0. The summed E-state index contributed by atoms with van der Waals surface area (Å²) < 4.78 is 2.87. The number of nitrogens with zero attached hydrogens (tertiary/aromatic N) is 2. The fourth-order valence-electron chi connectivity index (χ4n) is 3.08. The number of hydrogen-bond donors (Lipinski definition) is 2. The van der Waals surface area contributed by atoms with E-state index in [1.165, 1.54) is 11.3 Å². The lowest BCUT2D eigenvalue weighted by molar-refractivity contribution is -0.124. The molecule has 30 heavy (non-hydrogen) atoms. The molecule has 0 bridgehead atoms. The highest BCUT2D eigenvalue weighted by Gasteiger charge is 2.24. The number of hydrogen-bond acceptors (Lipinski definition) is 5. The Hall–Kier alpha value is -2.97. The van der Waals surface area contributed by atoms with Gasteiger partial charge in [-0.3, -0.25) is 9.59 Å². The van der Waals surface area contributed by atoms with Crippen LogP contribution in [0.1, 0.15) is 29.1 Å². The van der Waals surface area contributed by atoms with Crippen LogP contribution >= 0.6 is 22.7 Å². The third-order valence-electron chi connectivity index (χ3n) is 4.72. The van der Waals surface area contributed by atoms with E-state index in [4.69, 9.17) is 0 Å². The van der Waals surface area contributed by atoms with Gasteiger partial charge in [-0.15, -0.1) is 11.3 Å². The molecular weight excluding hydrogens is 416 g/mol. The lowest BCUT2D eigenvalue weighted by Crippen LogP contribution is -2.49. The van der Waals surface area contributed by atoms with Crippen LogP contribution in [0, 0.1) is 5.92 Å². The van der Waals surface area contributed by atoms with Crippen molar-refractivity contribution in [2.45, 2.75) is 26.4 Å². The van der Waals surface area contributed by atoms with E-state index in [9.17, 15) is 9.59 Å². The summed E-state index contributed by atoms with van der Waals surface area (Å²) >= 11 is 3.11. The first kappa shape index (κ1) is 20.3. The van der Waals surface area contributed by atoms with E-state index in [-0.39, 0.29) is 17.7 Å². The maximum Gasteiger partial charge on any atom is 0.251 e. The van der Waals surface area contributed by atoms with E-state index in [0.29, 0.717) is 12.1 Å². The molecule has 1 atom stereocenters. The van der Waals surface area contributed by atoms with Crippen LogP contribution in [0.25, 0.3) is 15.3 Å². The van der Waals surface area contributed by atoms with Gasteiger partial charge >= 0.3 is 0 Å². The molecule has 3 aromatic heterocycles. The number of carbonyl (C=O) groups is 2. The number of benzene rings is 1. The molecule has 1 aromatic carbocycles. The second kappa shape index (κ2) is 8.81. The SMILES string of the molecule is CC(C)C(NC(=O)c1ccc2nc(-n3cccc3)sc2c1)C(=O)NCc1cccs1. The summed E-state index contributed by atoms with van der Waals surface area (Å²) in [4.78, 5) is 31.2. The van der Waals surface area contributed by atoms with Gasteiger partial charge < -0.3 is 15.2 Å². The molecule has 0 aliphatic heterocycles. The lowest BCUT2D eigenvalue weighted by Gasteiger charge is -2.21. The quantitative estimate of drug-likeness (QED) is 0.454. The normalized spacial score (nSPS) is 12.2. The zero-order valence-electron chi connectivity index (χ0n) is 16.7. The van der Waals surface area contributed by atoms with Crippen molar-refractivity contribution >= 4 is 44.7 Å². The fourth-order valence-corrected chi connectivity index (χ4v) is 4.70. The van der Waals surface area contributed by atoms with Crippen LogP contribution in [0.4, 0.5) is 0 Å². The Balaban J connectivity index is 1.47. The molecule has 0 saturated carbocycles. The minimum absolute atomic E-state index is 0.0373. The van der Waals surface area contributed by atoms with E-state index in [1.54, 1.807) is 17.4 Å². The van der Waals surface area contributed by atoms with Crippen LogP contribution in [-0.4, -0.2) is 27.4 Å². The van der Waals surface area contributed by atoms with Crippen molar-refractivity contribution in [1.29, 1.82) is 0 Å². The van der Waals surface area contributed by atoms with Crippen molar-refractivity contribution in [3.05, 3.63) is 70.7 Å². The van der Waals surface area contributed by atoms with Gasteiger partial charge in [-0.1, -0.05) is 31.3 Å². The Kier molecular flexibility index (Phi) is 5.96. The Labute approximate surface area is 182 Å². The van der Waals surface area contributed by atoms with E-state index >= 15 is 0 Å². The van der Waals surface area contributed by atoms with E-state index in [2.05, 4.69) is 15.6 Å². The van der Waals surface area contributed by atoms with Crippen LogP contribution in [0.15, 0.2) is 60.2 Å². The predicted octanol–water partition coefficient (Wildman–Crippen LogP) is 4.22. The molecule has 4 aromatic rings. The third-order valence-corrected chi connectivity index (χ3v) is 6.63.